The molecule has 0 unspecified atom stereocenters. The summed E-state index contributed by atoms with van der Waals surface area (Å²) in [6.45, 7) is 2.52. The van der Waals surface area contributed by atoms with E-state index in [1.54, 1.807) is 4.90 Å². The number of hydrogen-bond acceptors (Lipinski definition) is 4. The Balaban J connectivity index is 1.39. The number of benzene rings is 2. The number of piperidine rings is 1. The van der Waals surface area contributed by atoms with Gasteiger partial charge in [-0.2, -0.15) is 0 Å². The third-order valence-electron chi connectivity index (χ3n) is 4.59. The van der Waals surface area contributed by atoms with Gasteiger partial charge < -0.3 is 20.7 Å². The second kappa shape index (κ2) is 8.53. The van der Waals surface area contributed by atoms with Crippen LogP contribution in [0.15, 0.2) is 54.6 Å². The first-order chi connectivity index (χ1) is 12.2. The topological polar surface area (TPSA) is 67.6 Å². The molecule has 2 aromatic rings. The number of nitrogen functional groups attached to an aromatic ring is 1. The Morgan fingerprint density at radius 3 is 2.48 bits per heavy atom. The summed E-state index contributed by atoms with van der Waals surface area (Å²) >= 11 is 0. The third-order valence-corrected chi connectivity index (χ3v) is 4.59. The molecule has 5 heteroatoms. The Morgan fingerprint density at radius 2 is 1.76 bits per heavy atom. The summed E-state index contributed by atoms with van der Waals surface area (Å²) < 4.78 is 5.40. The second-order valence-corrected chi connectivity index (χ2v) is 6.38. The van der Waals surface area contributed by atoms with Crippen molar-refractivity contribution in [2.45, 2.75) is 32.0 Å². The lowest BCUT2D eigenvalue weighted by Crippen LogP contribution is -2.44. The molecule has 1 fully saturated rings. The number of rotatable bonds is 5. The highest BCUT2D eigenvalue weighted by Gasteiger charge is 2.23. The minimum Gasteiger partial charge on any atom is -0.445 e. The number of carbonyl (C=O) groups is 1. The number of nitrogens with zero attached hydrogens (tertiary/aromatic N) is 1. The van der Waals surface area contributed by atoms with E-state index >= 15 is 0 Å². The van der Waals surface area contributed by atoms with Crippen molar-refractivity contribution in [3.05, 3.63) is 65.7 Å². The van der Waals surface area contributed by atoms with E-state index in [1.165, 1.54) is 0 Å². The molecule has 25 heavy (non-hydrogen) atoms. The van der Waals surface area contributed by atoms with Gasteiger partial charge >= 0.3 is 6.09 Å². The van der Waals surface area contributed by atoms with Gasteiger partial charge in [-0.25, -0.2) is 4.79 Å². The van der Waals surface area contributed by atoms with E-state index in [1.807, 2.05) is 54.6 Å². The fourth-order valence-electron chi connectivity index (χ4n) is 3.03. The monoisotopic (exact) mass is 339 g/mol. The Labute approximate surface area is 148 Å². The fourth-order valence-corrected chi connectivity index (χ4v) is 3.03. The summed E-state index contributed by atoms with van der Waals surface area (Å²) in [4.78, 5) is 14.0. The molecule has 0 atom stereocenters. The van der Waals surface area contributed by atoms with Crippen LogP contribution in [-0.2, 0) is 17.9 Å². The number of nitrogens with two attached hydrogens (primary N) is 1. The van der Waals surface area contributed by atoms with Crippen molar-refractivity contribution < 1.29 is 9.53 Å². The summed E-state index contributed by atoms with van der Waals surface area (Å²) in [5.41, 5.74) is 8.91. The fraction of sp³-hybridized carbons (Fsp3) is 0.350. The smallest absolute Gasteiger partial charge is 0.410 e. The molecular weight excluding hydrogens is 314 g/mol. The summed E-state index contributed by atoms with van der Waals surface area (Å²) in [6.07, 6.45) is 1.62. The van der Waals surface area contributed by atoms with Gasteiger partial charge in [-0.15, -0.1) is 0 Å². The second-order valence-electron chi connectivity index (χ2n) is 6.38. The Hall–Kier alpha value is -2.53. The Kier molecular flexibility index (Phi) is 5.90. The van der Waals surface area contributed by atoms with Gasteiger partial charge in [0.15, 0.2) is 0 Å². The standard InChI is InChI=1S/C20H25N3O2/c21-19-9-5-4-8-17(19)14-22-18-10-12-23(13-11-18)20(24)25-15-16-6-2-1-3-7-16/h1-9,18,22H,10-15,21H2. The van der Waals surface area contributed by atoms with Crippen LogP contribution in [0.1, 0.15) is 24.0 Å². The molecule has 3 rings (SSSR count). The van der Waals surface area contributed by atoms with Crippen LogP contribution in [0.4, 0.5) is 10.5 Å². The lowest BCUT2D eigenvalue weighted by Gasteiger charge is -2.32. The van der Waals surface area contributed by atoms with Crippen molar-refractivity contribution in [2.24, 2.45) is 0 Å². The van der Waals surface area contributed by atoms with Gasteiger partial charge in [-0.1, -0.05) is 48.5 Å². The number of para-hydroxylation sites is 1. The first-order valence-corrected chi connectivity index (χ1v) is 8.75. The van der Waals surface area contributed by atoms with Crippen molar-refractivity contribution in [2.75, 3.05) is 18.8 Å². The van der Waals surface area contributed by atoms with Crippen LogP contribution in [0.3, 0.4) is 0 Å². The van der Waals surface area contributed by atoms with Crippen LogP contribution in [0, 0.1) is 0 Å². The van der Waals surface area contributed by atoms with E-state index in [0.29, 0.717) is 12.6 Å². The van der Waals surface area contributed by atoms with Crippen molar-refractivity contribution >= 4 is 11.8 Å². The molecule has 3 N–H and O–H groups in total. The van der Waals surface area contributed by atoms with E-state index < -0.39 is 0 Å². The van der Waals surface area contributed by atoms with Crippen LogP contribution in [0.2, 0.25) is 0 Å². The predicted octanol–water partition coefficient (Wildman–Crippen LogP) is 3.16. The zero-order valence-corrected chi connectivity index (χ0v) is 14.4. The van der Waals surface area contributed by atoms with Crippen molar-refractivity contribution in [1.82, 2.24) is 10.2 Å². The molecule has 0 spiro atoms. The van der Waals surface area contributed by atoms with Crippen LogP contribution in [-0.4, -0.2) is 30.1 Å². The molecule has 0 aliphatic carbocycles. The SMILES string of the molecule is Nc1ccccc1CNC1CCN(C(=O)OCc2ccccc2)CC1. The predicted molar refractivity (Wildman–Crippen MR) is 98.9 cm³/mol. The number of carbonyl (C=O) groups excluding carboxylic acids is 1. The molecule has 0 bridgehead atoms. The van der Waals surface area contributed by atoms with E-state index in [2.05, 4.69) is 5.32 Å². The highest BCUT2D eigenvalue weighted by molar-refractivity contribution is 5.67. The van der Waals surface area contributed by atoms with Gasteiger partial charge in [0.1, 0.15) is 6.61 Å². The molecule has 132 valence electrons. The van der Waals surface area contributed by atoms with Crippen LogP contribution >= 0.6 is 0 Å². The van der Waals surface area contributed by atoms with Gasteiger partial charge in [0.25, 0.3) is 0 Å². The molecule has 5 nitrogen and oxygen atoms in total. The summed E-state index contributed by atoms with van der Waals surface area (Å²) in [7, 11) is 0. The molecule has 1 amide bonds. The van der Waals surface area contributed by atoms with Gasteiger partial charge in [-0.3, -0.25) is 0 Å². The van der Waals surface area contributed by atoms with Crippen LogP contribution in [0.25, 0.3) is 0 Å². The van der Waals surface area contributed by atoms with Gasteiger partial charge in [0, 0.05) is 31.4 Å². The summed E-state index contributed by atoms with van der Waals surface area (Å²) in [6, 6.07) is 18.1. The molecule has 2 aromatic carbocycles. The Bertz CT molecular complexity index is 682. The third kappa shape index (κ3) is 4.97. The quantitative estimate of drug-likeness (QED) is 0.821. The molecule has 1 heterocycles. The van der Waals surface area contributed by atoms with Crippen LogP contribution < -0.4 is 11.1 Å². The average molecular weight is 339 g/mol. The number of anilines is 1. The molecule has 1 aliphatic heterocycles. The first-order valence-electron chi connectivity index (χ1n) is 8.75. The zero-order valence-electron chi connectivity index (χ0n) is 14.4. The molecule has 0 aromatic heterocycles. The first kappa shape index (κ1) is 17.3. The minimum atomic E-state index is -0.227. The molecule has 1 aliphatic rings. The van der Waals surface area contributed by atoms with E-state index in [0.717, 1.165) is 49.3 Å². The number of amides is 1. The number of likely N-dealkylation sites (tertiary alicyclic amines) is 1. The molecule has 0 radical (unpaired) electrons. The van der Waals surface area contributed by atoms with E-state index in [4.69, 9.17) is 10.5 Å². The maximum absolute atomic E-state index is 12.2. The van der Waals surface area contributed by atoms with Crippen molar-refractivity contribution in [1.29, 1.82) is 0 Å². The van der Waals surface area contributed by atoms with Crippen molar-refractivity contribution in [3.63, 3.8) is 0 Å². The van der Waals surface area contributed by atoms with Crippen LogP contribution in [0.5, 0.6) is 0 Å². The lowest BCUT2D eigenvalue weighted by molar-refractivity contribution is 0.0852. The van der Waals surface area contributed by atoms with Crippen molar-refractivity contribution in [3.8, 4) is 0 Å². The maximum atomic E-state index is 12.2. The summed E-state index contributed by atoms with van der Waals surface area (Å²) in [5.74, 6) is 0. The highest BCUT2D eigenvalue weighted by atomic mass is 16.6. The molecular formula is C20H25N3O2. The number of hydrogen-bond donors (Lipinski definition) is 2. The number of nitrogens with one attached hydrogen (secondary N) is 1. The number of ether oxygens (including phenoxy) is 1. The van der Waals surface area contributed by atoms with E-state index in [9.17, 15) is 4.79 Å². The normalized spacial score (nSPS) is 15.1. The average Bonchev–Trinajstić information content (AvgIpc) is 2.67. The van der Waals surface area contributed by atoms with Gasteiger partial charge in [-0.05, 0) is 30.0 Å². The van der Waals surface area contributed by atoms with Gasteiger partial charge in [0.2, 0.25) is 0 Å². The summed E-state index contributed by atoms with van der Waals surface area (Å²) in [5, 5.41) is 3.54. The lowest BCUT2D eigenvalue weighted by atomic mass is 10.0. The molecule has 1 saturated heterocycles. The molecule has 0 saturated carbocycles. The minimum absolute atomic E-state index is 0.227. The van der Waals surface area contributed by atoms with E-state index in [-0.39, 0.29) is 6.09 Å². The maximum Gasteiger partial charge on any atom is 0.410 e. The largest absolute Gasteiger partial charge is 0.445 e. The zero-order chi connectivity index (χ0) is 17.5. The highest BCUT2D eigenvalue weighted by Crippen LogP contribution is 2.15. The van der Waals surface area contributed by atoms with Gasteiger partial charge in [0.05, 0.1) is 0 Å². The Morgan fingerprint density at radius 1 is 1.08 bits per heavy atom.